The van der Waals surface area contributed by atoms with Gasteiger partial charge in [-0.3, -0.25) is 4.72 Å². The van der Waals surface area contributed by atoms with Crippen LogP contribution in [-0.4, -0.2) is 23.7 Å². The summed E-state index contributed by atoms with van der Waals surface area (Å²) in [7, 11) is -4.56. The normalized spacial score (nSPS) is 23.6. The number of phenols is 1. The molecular weight excluding hydrogens is 366 g/mol. The molecular formula is C20H28NO5S-. The summed E-state index contributed by atoms with van der Waals surface area (Å²) in [5, 5.41) is 10.7. The molecule has 0 saturated carbocycles. The molecule has 27 heavy (non-hydrogen) atoms. The molecule has 2 aliphatic rings. The molecule has 2 N–H and O–H groups in total. The fraction of sp³-hybridized carbons (Fsp3) is 0.600. The van der Waals surface area contributed by atoms with Gasteiger partial charge in [0.15, 0.2) is 10.3 Å². The van der Waals surface area contributed by atoms with E-state index in [9.17, 15) is 18.1 Å². The SMILES string of the molecule is CCCCCc1cc(O)c2c(c1)OC(C)(C)C1CC=C(NS(=O)(=O)[O-])CC21. The third-order valence-electron chi connectivity index (χ3n) is 5.69. The number of hydrogen-bond acceptors (Lipinski definition) is 5. The number of fused-ring (bicyclic) bond motifs is 3. The van der Waals surface area contributed by atoms with Crippen molar-refractivity contribution in [1.82, 2.24) is 4.72 Å². The lowest BCUT2D eigenvalue weighted by Crippen LogP contribution is -2.46. The van der Waals surface area contributed by atoms with Crippen molar-refractivity contribution in [3.63, 3.8) is 0 Å². The van der Waals surface area contributed by atoms with E-state index in [0.29, 0.717) is 29.9 Å². The van der Waals surface area contributed by atoms with Gasteiger partial charge in [-0.2, -0.15) is 0 Å². The lowest BCUT2D eigenvalue weighted by molar-refractivity contribution is 0.00724. The third kappa shape index (κ3) is 4.41. The molecule has 0 spiro atoms. The van der Waals surface area contributed by atoms with E-state index in [-0.39, 0.29) is 17.6 Å². The Morgan fingerprint density at radius 2 is 2.07 bits per heavy atom. The molecule has 1 aliphatic heterocycles. The summed E-state index contributed by atoms with van der Waals surface area (Å²) in [5.41, 5.74) is 1.70. The molecule has 1 heterocycles. The van der Waals surface area contributed by atoms with E-state index < -0.39 is 15.9 Å². The van der Waals surface area contributed by atoms with Crippen molar-refractivity contribution >= 4 is 10.3 Å². The maximum Gasteiger partial charge on any atom is 0.181 e. The Kier molecular flexibility index (Phi) is 5.45. The molecule has 6 nitrogen and oxygen atoms in total. The number of nitrogens with one attached hydrogen (secondary N) is 1. The van der Waals surface area contributed by atoms with Gasteiger partial charge in [-0.1, -0.05) is 25.8 Å². The molecule has 7 heteroatoms. The van der Waals surface area contributed by atoms with Crippen molar-refractivity contribution in [3.8, 4) is 11.5 Å². The molecule has 0 amide bonds. The van der Waals surface area contributed by atoms with E-state index in [4.69, 9.17) is 4.74 Å². The number of rotatable bonds is 6. The van der Waals surface area contributed by atoms with Gasteiger partial charge in [0.1, 0.15) is 17.1 Å². The Labute approximate surface area is 161 Å². The molecule has 1 aromatic rings. The Morgan fingerprint density at radius 1 is 1.33 bits per heavy atom. The lowest BCUT2D eigenvalue weighted by Gasteiger charge is -2.47. The van der Waals surface area contributed by atoms with Crippen LogP contribution in [0.25, 0.3) is 0 Å². The van der Waals surface area contributed by atoms with Crippen molar-refractivity contribution in [2.45, 2.75) is 70.8 Å². The minimum absolute atomic E-state index is 0.0850. The number of hydrogen-bond donors (Lipinski definition) is 2. The molecule has 2 unspecified atom stereocenters. The van der Waals surface area contributed by atoms with E-state index in [1.807, 2.05) is 19.9 Å². The first-order chi connectivity index (χ1) is 12.6. The summed E-state index contributed by atoms with van der Waals surface area (Å²) in [5.74, 6) is 0.833. The number of unbranched alkanes of at least 4 members (excludes halogenated alkanes) is 2. The summed E-state index contributed by atoms with van der Waals surface area (Å²) in [6.07, 6.45) is 6.90. The molecule has 0 fully saturated rings. The second kappa shape index (κ2) is 7.36. The summed E-state index contributed by atoms with van der Waals surface area (Å²) in [6, 6.07) is 3.79. The van der Waals surface area contributed by atoms with Crippen molar-refractivity contribution in [2.75, 3.05) is 0 Å². The molecule has 0 bridgehead atoms. The van der Waals surface area contributed by atoms with Crippen molar-refractivity contribution in [2.24, 2.45) is 5.92 Å². The molecule has 2 atom stereocenters. The minimum Gasteiger partial charge on any atom is -0.731 e. The number of aryl methyl sites for hydroxylation is 1. The highest BCUT2D eigenvalue weighted by Gasteiger charge is 2.46. The minimum atomic E-state index is -4.56. The lowest BCUT2D eigenvalue weighted by atomic mass is 9.68. The number of ether oxygens (including phenoxy) is 1. The van der Waals surface area contributed by atoms with Gasteiger partial charge in [0, 0.05) is 23.1 Å². The highest BCUT2D eigenvalue weighted by Crippen LogP contribution is 2.54. The zero-order valence-corrected chi connectivity index (χ0v) is 16.9. The maximum absolute atomic E-state index is 11.1. The molecule has 150 valence electrons. The average molecular weight is 395 g/mol. The maximum atomic E-state index is 11.1. The van der Waals surface area contributed by atoms with E-state index in [0.717, 1.165) is 31.2 Å². The predicted octanol–water partition coefficient (Wildman–Crippen LogP) is 3.72. The Morgan fingerprint density at radius 3 is 2.74 bits per heavy atom. The molecule has 0 radical (unpaired) electrons. The summed E-state index contributed by atoms with van der Waals surface area (Å²) < 4.78 is 41.6. The first kappa shape index (κ1) is 20.0. The molecule has 1 aromatic carbocycles. The van der Waals surface area contributed by atoms with Crippen LogP contribution in [0.2, 0.25) is 0 Å². The molecule has 0 aromatic heterocycles. The van der Waals surface area contributed by atoms with Gasteiger partial charge >= 0.3 is 0 Å². The summed E-state index contributed by atoms with van der Waals surface area (Å²) in [4.78, 5) is 0. The Balaban J connectivity index is 1.94. The smallest absolute Gasteiger partial charge is 0.181 e. The van der Waals surface area contributed by atoms with Gasteiger partial charge in [-0.05, 0) is 57.2 Å². The van der Waals surface area contributed by atoms with Crippen LogP contribution in [0.1, 0.15) is 69.9 Å². The Hall–Kier alpha value is -1.73. The van der Waals surface area contributed by atoms with Crippen LogP contribution in [0.15, 0.2) is 23.9 Å². The van der Waals surface area contributed by atoms with E-state index in [1.165, 1.54) is 0 Å². The van der Waals surface area contributed by atoms with E-state index in [2.05, 4.69) is 11.6 Å². The summed E-state index contributed by atoms with van der Waals surface area (Å²) in [6.45, 7) is 6.19. The van der Waals surface area contributed by atoms with Crippen LogP contribution < -0.4 is 9.46 Å². The van der Waals surface area contributed by atoms with Crippen LogP contribution >= 0.6 is 0 Å². The molecule has 1 aliphatic carbocycles. The van der Waals surface area contributed by atoms with Crippen LogP contribution in [-0.2, 0) is 16.7 Å². The number of aromatic hydroxyl groups is 1. The van der Waals surface area contributed by atoms with Crippen LogP contribution in [0.3, 0.4) is 0 Å². The third-order valence-corrected chi connectivity index (χ3v) is 6.20. The Bertz CT molecular complexity index is 844. The van der Waals surface area contributed by atoms with Gasteiger partial charge in [0.05, 0.1) is 0 Å². The highest BCUT2D eigenvalue weighted by molar-refractivity contribution is 7.83. The van der Waals surface area contributed by atoms with Gasteiger partial charge < -0.3 is 14.4 Å². The number of benzene rings is 1. The van der Waals surface area contributed by atoms with Crippen molar-refractivity contribution in [3.05, 3.63) is 35.0 Å². The highest BCUT2D eigenvalue weighted by atomic mass is 32.2. The fourth-order valence-corrected chi connectivity index (χ4v) is 4.91. The second-order valence-corrected chi connectivity index (χ2v) is 9.24. The van der Waals surface area contributed by atoms with E-state index in [1.54, 1.807) is 12.1 Å². The van der Waals surface area contributed by atoms with Gasteiger partial charge in [-0.15, -0.1) is 0 Å². The van der Waals surface area contributed by atoms with Crippen molar-refractivity contribution in [1.29, 1.82) is 0 Å². The fourth-order valence-electron chi connectivity index (χ4n) is 4.42. The molecule has 3 rings (SSSR count). The summed E-state index contributed by atoms with van der Waals surface area (Å²) >= 11 is 0. The van der Waals surface area contributed by atoms with Gasteiger partial charge in [0.2, 0.25) is 0 Å². The second-order valence-electron chi connectivity index (χ2n) is 8.13. The van der Waals surface area contributed by atoms with Gasteiger partial charge in [-0.25, -0.2) is 8.42 Å². The van der Waals surface area contributed by atoms with E-state index >= 15 is 0 Å². The zero-order valence-electron chi connectivity index (χ0n) is 16.1. The zero-order chi connectivity index (χ0) is 19.8. The van der Waals surface area contributed by atoms with Crippen LogP contribution in [0, 0.1) is 5.92 Å². The van der Waals surface area contributed by atoms with Crippen LogP contribution in [0.4, 0.5) is 0 Å². The quantitative estimate of drug-likeness (QED) is 0.566. The predicted molar refractivity (Wildman–Crippen MR) is 102 cm³/mol. The largest absolute Gasteiger partial charge is 0.731 e. The molecule has 0 saturated heterocycles. The topological polar surface area (TPSA) is 98.7 Å². The van der Waals surface area contributed by atoms with Gasteiger partial charge in [0.25, 0.3) is 0 Å². The first-order valence-corrected chi connectivity index (χ1v) is 11.0. The first-order valence-electron chi connectivity index (χ1n) is 9.58. The van der Waals surface area contributed by atoms with Crippen LogP contribution in [0.5, 0.6) is 11.5 Å². The monoisotopic (exact) mass is 394 g/mol. The number of allylic oxidation sites excluding steroid dienone is 2. The number of phenolic OH excluding ortho intramolecular Hbond substituents is 1. The van der Waals surface area contributed by atoms with Crippen molar-refractivity contribution < 1.29 is 22.8 Å². The average Bonchev–Trinajstić information content (AvgIpc) is 2.52. The standard InChI is InChI=1S/C20H29NO5S/c1-4-5-6-7-13-10-17(22)19-15-12-14(21-27(23,24)25)8-9-16(15)20(2,3)26-18(19)11-13/h8,10-11,15-16,21-22H,4-7,9,12H2,1-3H3,(H,23,24,25)/p-1.